The summed E-state index contributed by atoms with van der Waals surface area (Å²) >= 11 is 0. The largest absolute Gasteiger partial charge is 0.506 e. The summed E-state index contributed by atoms with van der Waals surface area (Å²) in [4.78, 5) is 25.6. The first-order chi connectivity index (χ1) is 10.2. The molecule has 0 aromatic heterocycles. The molecule has 1 atom stereocenters. The highest BCUT2D eigenvalue weighted by Crippen LogP contribution is 2.28. The second-order valence-electron chi connectivity index (χ2n) is 4.82. The molecule has 2 aromatic carbocycles. The minimum atomic E-state index is -0.661. The summed E-state index contributed by atoms with van der Waals surface area (Å²) in [5.41, 5.74) is 1.01. The Morgan fingerprint density at radius 1 is 1.00 bits per heavy atom. The summed E-state index contributed by atoms with van der Waals surface area (Å²) < 4.78 is 0. The average molecular weight is 282 g/mol. The first kappa shape index (κ1) is 13.2. The molecule has 106 valence electrons. The van der Waals surface area contributed by atoms with Gasteiger partial charge in [0.25, 0.3) is 5.91 Å². The number of carbonyl (C=O) groups excluding carboxylic acids is 2. The average Bonchev–Trinajstić information content (AvgIpc) is 2.77. The Morgan fingerprint density at radius 3 is 2.38 bits per heavy atom. The van der Waals surface area contributed by atoms with Crippen molar-refractivity contribution in [3.05, 3.63) is 54.6 Å². The van der Waals surface area contributed by atoms with E-state index in [-0.39, 0.29) is 24.0 Å². The maximum absolute atomic E-state index is 12.4. The number of aromatic hydroxyl groups is 1. The van der Waals surface area contributed by atoms with Gasteiger partial charge in [0.15, 0.2) is 0 Å². The number of para-hydroxylation sites is 3. The lowest BCUT2D eigenvalue weighted by Crippen LogP contribution is -2.34. The highest BCUT2D eigenvalue weighted by Gasteiger charge is 2.39. The minimum Gasteiger partial charge on any atom is -0.506 e. The van der Waals surface area contributed by atoms with E-state index in [1.807, 2.05) is 6.07 Å². The van der Waals surface area contributed by atoms with Crippen molar-refractivity contribution in [1.82, 2.24) is 0 Å². The molecule has 1 unspecified atom stereocenters. The van der Waals surface area contributed by atoms with Crippen molar-refractivity contribution in [2.45, 2.75) is 12.5 Å². The zero-order valence-electron chi connectivity index (χ0n) is 11.2. The fourth-order valence-corrected chi connectivity index (χ4v) is 2.38. The van der Waals surface area contributed by atoms with E-state index in [4.69, 9.17) is 0 Å². The van der Waals surface area contributed by atoms with Crippen LogP contribution in [0.3, 0.4) is 0 Å². The van der Waals surface area contributed by atoms with E-state index in [9.17, 15) is 14.7 Å². The summed E-state index contributed by atoms with van der Waals surface area (Å²) in [6.45, 7) is 0. The van der Waals surface area contributed by atoms with Gasteiger partial charge in [-0.15, -0.1) is 0 Å². The van der Waals surface area contributed by atoms with Gasteiger partial charge in [-0.05, 0) is 24.3 Å². The number of imide groups is 1. The van der Waals surface area contributed by atoms with Crippen molar-refractivity contribution in [1.29, 1.82) is 0 Å². The van der Waals surface area contributed by atoms with Crippen molar-refractivity contribution >= 4 is 23.2 Å². The topological polar surface area (TPSA) is 69.6 Å². The van der Waals surface area contributed by atoms with Crippen LogP contribution >= 0.6 is 0 Å². The van der Waals surface area contributed by atoms with Crippen LogP contribution in [-0.2, 0) is 9.59 Å². The van der Waals surface area contributed by atoms with Crippen molar-refractivity contribution in [3.63, 3.8) is 0 Å². The van der Waals surface area contributed by atoms with Crippen LogP contribution in [0.1, 0.15) is 6.42 Å². The molecule has 0 spiro atoms. The van der Waals surface area contributed by atoms with Crippen LogP contribution in [0.5, 0.6) is 5.75 Å². The molecule has 1 heterocycles. The number of phenolic OH excluding ortho intramolecular Hbond substituents is 1. The lowest BCUT2D eigenvalue weighted by atomic mass is 10.2. The molecule has 1 saturated heterocycles. The molecular formula is C16H14N2O3. The lowest BCUT2D eigenvalue weighted by Gasteiger charge is -2.16. The van der Waals surface area contributed by atoms with Gasteiger partial charge < -0.3 is 10.4 Å². The van der Waals surface area contributed by atoms with Crippen LogP contribution in [0.25, 0.3) is 0 Å². The zero-order chi connectivity index (χ0) is 14.8. The molecule has 21 heavy (non-hydrogen) atoms. The summed E-state index contributed by atoms with van der Waals surface area (Å²) in [6.07, 6.45) is 0.0715. The maximum Gasteiger partial charge on any atom is 0.256 e. The van der Waals surface area contributed by atoms with Crippen molar-refractivity contribution in [3.8, 4) is 5.75 Å². The van der Waals surface area contributed by atoms with Crippen LogP contribution < -0.4 is 10.2 Å². The number of carbonyl (C=O) groups is 2. The third-order valence-electron chi connectivity index (χ3n) is 3.39. The van der Waals surface area contributed by atoms with Crippen molar-refractivity contribution < 1.29 is 14.7 Å². The molecule has 0 aliphatic carbocycles. The molecule has 5 heteroatoms. The summed E-state index contributed by atoms with van der Waals surface area (Å²) in [5.74, 6) is -0.510. The molecule has 0 bridgehead atoms. The SMILES string of the molecule is O=C1CC(Nc2ccccc2O)C(=O)N1c1ccccc1. The second-order valence-corrected chi connectivity index (χ2v) is 4.82. The van der Waals surface area contributed by atoms with Gasteiger partial charge in [0, 0.05) is 0 Å². The zero-order valence-corrected chi connectivity index (χ0v) is 11.2. The van der Waals surface area contributed by atoms with E-state index >= 15 is 0 Å². The first-order valence-electron chi connectivity index (χ1n) is 6.63. The van der Waals surface area contributed by atoms with E-state index in [1.54, 1.807) is 42.5 Å². The molecule has 2 N–H and O–H groups in total. The number of hydrogen-bond acceptors (Lipinski definition) is 4. The first-order valence-corrected chi connectivity index (χ1v) is 6.63. The number of phenols is 1. The maximum atomic E-state index is 12.4. The highest BCUT2D eigenvalue weighted by atomic mass is 16.3. The number of hydrogen-bond donors (Lipinski definition) is 2. The smallest absolute Gasteiger partial charge is 0.256 e. The Bertz CT molecular complexity index is 685. The Labute approximate surface area is 121 Å². The van der Waals surface area contributed by atoms with Crippen molar-refractivity contribution in [2.75, 3.05) is 10.2 Å². The van der Waals surface area contributed by atoms with Gasteiger partial charge in [-0.25, -0.2) is 4.90 Å². The third-order valence-corrected chi connectivity index (χ3v) is 3.39. The van der Waals surface area contributed by atoms with Crippen LogP contribution in [0.2, 0.25) is 0 Å². The summed E-state index contributed by atoms with van der Waals surface area (Å²) in [5, 5.41) is 12.7. The van der Waals surface area contributed by atoms with E-state index in [0.717, 1.165) is 0 Å². The molecule has 3 rings (SSSR count). The van der Waals surface area contributed by atoms with Crippen LogP contribution in [-0.4, -0.2) is 23.0 Å². The second kappa shape index (κ2) is 5.28. The molecule has 1 aliphatic rings. The molecule has 2 amide bonds. The standard InChI is InChI=1S/C16H14N2O3/c19-14-9-5-4-8-12(14)17-13-10-15(20)18(16(13)21)11-6-2-1-3-7-11/h1-9,13,17,19H,10H2. The fraction of sp³-hybridized carbons (Fsp3) is 0.125. The number of rotatable bonds is 3. The highest BCUT2D eigenvalue weighted by molar-refractivity contribution is 6.23. The molecule has 0 radical (unpaired) electrons. The third kappa shape index (κ3) is 2.45. The molecule has 0 saturated carbocycles. The van der Waals surface area contributed by atoms with Crippen LogP contribution in [0.4, 0.5) is 11.4 Å². The predicted molar refractivity (Wildman–Crippen MR) is 79.1 cm³/mol. The normalized spacial score (nSPS) is 18.1. The van der Waals surface area contributed by atoms with Crippen molar-refractivity contribution in [2.24, 2.45) is 0 Å². The summed E-state index contributed by atoms with van der Waals surface area (Å²) in [6, 6.07) is 14.8. The fourth-order valence-electron chi connectivity index (χ4n) is 2.38. The monoisotopic (exact) mass is 282 g/mol. The van der Waals surface area contributed by atoms with Gasteiger partial charge in [-0.3, -0.25) is 9.59 Å². The Kier molecular flexibility index (Phi) is 3.31. The van der Waals surface area contributed by atoms with Gasteiger partial charge in [-0.1, -0.05) is 30.3 Å². The Hall–Kier alpha value is -2.82. The number of anilines is 2. The van der Waals surface area contributed by atoms with Crippen LogP contribution in [0.15, 0.2) is 54.6 Å². The number of nitrogens with zero attached hydrogens (tertiary/aromatic N) is 1. The molecule has 1 fully saturated rings. The van der Waals surface area contributed by atoms with Crippen LogP contribution in [0, 0.1) is 0 Å². The van der Waals surface area contributed by atoms with Gasteiger partial charge in [0.05, 0.1) is 17.8 Å². The lowest BCUT2D eigenvalue weighted by molar-refractivity contribution is -0.121. The van der Waals surface area contributed by atoms with E-state index in [1.165, 1.54) is 11.0 Å². The number of amides is 2. The molecular weight excluding hydrogens is 268 g/mol. The van der Waals surface area contributed by atoms with Gasteiger partial charge in [0.1, 0.15) is 11.8 Å². The van der Waals surface area contributed by atoms with Gasteiger partial charge in [-0.2, -0.15) is 0 Å². The van der Waals surface area contributed by atoms with E-state index in [0.29, 0.717) is 11.4 Å². The molecule has 1 aliphatic heterocycles. The van der Waals surface area contributed by atoms with Gasteiger partial charge in [0.2, 0.25) is 5.91 Å². The Balaban J connectivity index is 1.83. The predicted octanol–water partition coefficient (Wildman–Crippen LogP) is 2.14. The quantitative estimate of drug-likeness (QED) is 0.668. The number of benzene rings is 2. The van der Waals surface area contributed by atoms with E-state index in [2.05, 4.69) is 5.32 Å². The van der Waals surface area contributed by atoms with Gasteiger partial charge >= 0.3 is 0 Å². The Morgan fingerprint density at radius 2 is 1.67 bits per heavy atom. The molecule has 2 aromatic rings. The molecule has 5 nitrogen and oxygen atoms in total. The number of nitrogens with one attached hydrogen (secondary N) is 1. The van der Waals surface area contributed by atoms with E-state index < -0.39 is 6.04 Å². The minimum absolute atomic E-state index is 0.0518. The summed E-state index contributed by atoms with van der Waals surface area (Å²) in [7, 11) is 0.